The van der Waals surface area contributed by atoms with Crippen LogP contribution in [0.3, 0.4) is 0 Å². The van der Waals surface area contributed by atoms with Crippen molar-refractivity contribution < 1.29 is 14.3 Å². The lowest BCUT2D eigenvalue weighted by Gasteiger charge is -2.20. The predicted molar refractivity (Wildman–Crippen MR) is 144 cm³/mol. The lowest BCUT2D eigenvalue weighted by molar-refractivity contribution is -0.254. The number of carbonyl (C=O) groups is 1. The van der Waals surface area contributed by atoms with Gasteiger partial charge in [-0.1, -0.05) is 24.3 Å². The predicted octanol–water partition coefficient (Wildman–Crippen LogP) is 5.66. The van der Waals surface area contributed by atoms with Gasteiger partial charge in [0, 0.05) is 25.6 Å². The number of carbonyl (C=O) groups excluding carboxylic acids is 1. The van der Waals surface area contributed by atoms with E-state index in [0.29, 0.717) is 29.6 Å². The third-order valence-corrected chi connectivity index (χ3v) is 8.89. The van der Waals surface area contributed by atoms with Crippen LogP contribution in [0.4, 0.5) is 0 Å². The van der Waals surface area contributed by atoms with Gasteiger partial charge in [-0.05, 0) is 121 Å². The molecule has 4 rings (SSSR count). The Morgan fingerprint density at radius 1 is 0.966 bits per heavy atom. The number of benzene rings is 3. The smallest absolute Gasteiger partial charge is 0.209 e. The largest absolute Gasteiger partial charge is 0.545 e. The van der Waals surface area contributed by atoms with Crippen LogP contribution in [0.1, 0.15) is 15.9 Å². The molecule has 2 aromatic carbocycles. The number of halogens is 4. The molecular formula is C21H9I4O4-. The quantitative estimate of drug-likeness (QED) is 0.194. The molecule has 2 aromatic rings. The standard InChI is InChI=1S/C21H10I4O4/c1-8-13(22)6-11-15(9-4-2-3-5-10(9)21(27)28)12-7-14(23)18(26)17(25)20(12)29-19(11)16(8)24/h2-7H,1H3,(H,27,28)/p-1. The van der Waals surface area contributed by atoms with E-state index in [0.717, 1.165) is 23.7 Å². The molecule has 2 aliphatic rings. The minimum Gasteiger partial charge on any atom is -0.545 e. The molecular weight excluding hydrogens is 824 g/mol. The van der Waals surface area contributed by atoms with Gasteiger partial charge in [0.2, 0.25) is 5.43 Å². The van der Waals surface area contributed by atoms with Gasteiger partial charge in [0.25, 0.3) is 0 Å². The van der Waals surface area contributed by atoms with Crippen molar-refractivity contribution in [1.29, 1.82) is 0 Å². The van der Waals surface area contributed by atoms with Crippen LogP contribution >= 0.6 is 90.4 Å². The second-order valence-electron chi connectivity index (χ2n) is 6.36. The van der Waals surface area contributed by atoms with Crippen LogP contribution in [0, 0.1) is 21.2 Å². The van der Waals surface area contributed by atoms with Crippen molar-refractivity contribution in [1.82, 2.24) is 0 Å². The Bertz CT molecular complexity index is 1360. The van der Waals surface area contributed by atoms with Gasteiger partial charge < -0.3 is 14.3 Å². The number of carboxylic acid groups (broad SMARTS) is 1. The van der Waals surface area contributed by atoms with E-state index in [9.17, 15) is 14.7 Å². The molecule has 146 valence electrons. The lowest BCUT2D eigenvalue weighted by atomic mass is 9.90. The van der Waals surface area contributed by atoms with E-state index >= 15 is 0 Å². The van der Waals surface area contributed by atoms with Gasteiger partial charge in [-0.25, -0.2) is 0 Å². The Morgan fingerprint density at radius 2 is 1.66 bits per heavy atom. The Morgan fingerprint density at radius 3 is 2.34 bits per heavy atom. The summed E-state index contributed by atoms with van der Waals surface area (Å²) in [7, 11) is 0. The molecule has 1 aliphatic heterocycles. The van der Waals surface area contributed by atoms with Crippen LogP contribution in [-0.2, 0) is 0 Å². The summed E-state index contributed by atoms with van der Waals surface area (Å²) < 4.78 is 9.27. The minimum absolute atomic E-state index is 0.0989. The fraction of sp³-hybridized carbons (Fsp3) is 0.0476. The molecule has 0 aromatic heterocycles. The van der Waals surface area contributed by atoms with E-state index in [1.165, 1.54) is 6.07 Å². The number of fused-ring (bicyclic) bond motifs is 2. The summed E-state index contributed by atoms with van der Waals surface area (Å²) in [6.07, 6.45) is 0. The summed E-state index contributed by atoms with van der Waals surface area (Å²) in [5.41, 5.74) is 3.68. The zero-order valence-corrected chi connectivity index (χ0v) is 23.2. The van der Waals surface area contributed by atoms with Gasteiger partial charge in [-0.2, -0.15) is 0 Å². The first-order chi connectivity index (χ1) is 13.7. The average molecular weight is 833 g/mol. The van der Waals surface area contributed by atoms with Gasteiger partial charge >= 0.3 is 0 Å². The highest BCUT2D eigenvalue weighted by Crippen LogP contribution is 2.45. The number of rotatable bonds is 2. The Balaban J connectivity index is 2.34. The highest BCUT2D eigenvalue weighted by molar-refractivity contribution is 14.1. The highest BCUT2D eigenvalue weighted by Gasteiger charge is 2.25. The molecule has 1 aliphatic carbocycles. The van der Waals surface area contributed by atoms with E-state index in [4.69, 9.17) is 4.42 Å². The molecule has 0 spiro atoms. The molecule has 0 saturated carbocycles. The van der Waals surface area contributed by atoms with Gasteiger partial charge in [0.05, 0.1) is 13.1 Å². The SMILES string of the molecule is Cc1c(I)cc2c(-c3ccccc3C(=O)[O-])c3cc(I)c(=O)c(I)c-3oc2c1I. The third kappa shape index (κ3) is 3.60. The number of carboxylic acids is 1. The number of hydrogen-bond donors (Lipinski definition) is 0. The van der Waals surface area contributed by atoms with E-state index < -0.39 is 5.97 Å². The van der Waals surface area contributed by atoms with Crippen LogP contribution in [0.25, 0.3) is 33.4 Å². The molecule has 0 fully saturated rings. The van der Waals surface area contributed by atoms with Gasteiger partial charge in [0.1, 0.15) is 9.15 Å². The van der Waals surface area contributed by atoms with Crippen molar-refractivity contribution in [3.8, 4) is 22.5 Å². The summed E-state index contributed by atoms with van der Waals surface area (Å²) >= 11 is 8.52. The molecule has 4 nitrogen and oxygen atoms in total. The molecule has 0 radical (unpaired) electrons. The molecule has 0 N–H and O–H groups in total. The van der Waals surface area contributed by atoms with Crippen molar-refractivity contribution in [2.75, 3.05) is 0 Å². The Labute approximate surface area is 220 Å². The van der Waals surface area contributed by atoms with Crippen LogP contribution in [0.5, 0.6) is 0 Å². The monoisotopic (exact) mass is 833 g/mol. The second-order valence-corrected chi connectivity index (χ2v) is 10.8. The first kappa shape index (κ1) is 21.7. The van der Waals surface area contributed by atoms with Crippen molar-refractivity contribution in [3.05, 3.63) is 72.0 Å². The molecule has 0 atom stereocenters. The maximum Gasteiger partial charge on any atom is 0.209 e. The van der Waals surface area contributed by atoms with E-state index in [1.54, 1.807) is 24.3 Å². The van der Waals surface area contributed by atoms with Crippen molar-refractivity contribution in [2.24, 2.45) is 0 Å². The summed E-state index contributed by atoms with van der Waals surface area (Å²) in [5.74, 6) is -0.783. The molecule has 0 saturated heterocycles. The zero-order chi connectivity index (χ0) is 21.0. The summed E-state index contributed by atoms with van der Waals surface area (Å²) in [4.78, 5) is 24.4. The molecule has 0 bridgehead atoms. The minimum atomic E-state index is -1.25. The maximum atomic E-state index is 12.6. The summed E-state index contributed by atoms with van der Waals surface area (Å²) in [6, 6.07) is 10.5. The number of aromatic carboxylic acids is 1. The molecule has 0 unspecified atom stereocenters. The number of hydrogen-bond acceptors (Lipinski definition) is 4. The van der Waals surface area contributed by atoms with Gasteiger partial charge in [-0.15, -0.1) is 0 Å². The highest BCUT2D eigenvalue weighted by atomic mass is 127. The van der Waals surface area contributed by atoms with Crippen LogP contribution < -0.4 is 10.5 Å². The molecule has 0 amide bonds. The van der Waals surface area contributed by atoms with Crippen LogP contribution in [0.2, 0.25) is 0 Å². The normalized spacial score (nSPS) is 11.3. The summed E-state index contributed by atoms with van der Waals surface area (Å²) in [5, 5.41) is 12.7. The van der Waals surface area contributed by atoms with Gasteiger partial charge in [0.15, 0.2) is 5.76 Å². The Kier molecular flexibility index (Phi) is 6.16. The topological polar surface area (TPSA) is 70.3 Å². The molecule has 29 heavy (non-hydrogen) atoms. The van der Waals surface area contributed by atoms with Crippen molar-refractivity contribution >= 4 is 107 Å². The van der Waals surface area contributed by atoms with Crippen molar-refractivity contribution in [3.63, 3.8) is 0 Å². The fourth-order valence-corrected chi connectivity index (χ4v) is 6.84. The first-order valence-corrected chi connectivity index (χ1v) is 12.6. The van der Waals surface area contributed by atoms with Crippen molar-refractivity contribution in [2.45, 2.75) is 6.92 Å². The van der Waals surface area contributed by atoms with E-state index in [-0.39, 0.29) is 11.0 Å². The average Bonchev–Trinajstić information content (AvgIpc) is 2.69. The molecule has 1 heterocycles. The van der Waals surface area contributed by atoms with Crippen LogP contribution in [0.15, 0.2) is 45.6 Å². The van der Waals surface area contributed by atoms with Gasteiger partial charge in [-0.3, -0.25) is 4.79 Å². The lowest BCUT2D eigenvalue weighted by Crippen LogP contribution is -2.23. The van der Waals surface area contributed by atoms with Crippen LogP contribution in [-0.4, -0.2) is 5.97 Å². The first-order valence-electron chi connectivity index (χ1n) is 8.26. The fourth-order valence-electron chi connectivity index (χ4n) is 3.27. The molecule has 8 heteroatoms. The maximum absolute atomic E-state index is 12.6. The summed E-state index contributed by atoms with van der Waals surface area (Å²) in [6.45, 7) is 2.01. The zero-order valence-electron chi connectivity index (χ0n) is 14.6. The Hall–Kier alpha value is -0.480. The second kappa shape index (κ2) is 8.22. The van der Waals surface area contributed by atoms with E-state index in [1.807, 2.05) is 58.2 Å². The van der Waals surface area contributed by atoms with E-state index in [2.05, 4.69) is 45.2 Å². The third-order valence-electron chi connectivity index (χ3n) is 4.69.